The molecule has 0 aliphatic carbocycles. The van der Waals surface area contributed by atoms with Gasteiger partial charge in [0.25, 0.3) is 0 Å². The number of aryl methyl sites for hydroxylation is 1. The van der Waals surface area contributed by atoms with E-state index in [0.717, 1.165) is 29.7 Å². The van der Waals surface area contributed by atoms with Crippen LogP contribution < -0.4 is 5.32 Å². The maximum atomic E-state index is 4.64. The van der Waals surface area contributed by atoms with Crippen molar-refractivity contribution in [3.63, 3.8) is 0 Å². The van der Waals surface area contributed by atoms with E-state index >= 15 is 0 Å². The molecule has 0 saturated heterocycles. The SMILES string of the molecule is CSc1nc2c(c(NCc3ccccc3)n1)SCCC2. The van der Waals surface area contributed by atoms with Gasteiger partial charge in [-0.05, 0) is 30.4 Å². The van der Waals surface area contributed by atoms with Crippen LogP contribution in [-0.2, 0) is 13.0 Å². The van der Waals surface area contributed by atoms with E-state index in [0.29, 0.717) is 0 Å². The van der Waals surface area contributed by atoms with E-state index in [4.69, 9.17) is 0 Å². The number of nitrogens with one attached hydrogen (secondary N) is 1. The van der Waals surface area contributed by atoms with Crippen molar-refractivity contribution in [3.05, 3.63) is 41.6 Å². The molecule has 3 nitrogen and oxygen atoms in total. The summed E-state index contributed by atoms with van der Waals surface area (Å²) in [4.78, 5) is 10.5. The Hall–Kier alpha value is -1.20. The Morgan fingerprint density at radius 3 is 2.90 bits per heavy atom. The molecule has 2 aromatic rings. The van der Waals surface area contributed by atoms with E-state index in [-0.39, 0.29) is 0 Å². The zero-order valence-corrected chi connectivity index (χ0v) is 13.1. The van der Waals surface area contributed by atoms with Gasteiger partial charge in [0, 0.05) is 6.54 Å². The quantitative estimate of drug-likeness (QED) is 0.686. The highest BCUT2D eigenvalue weighted by Gasteiger charge is 2.18. The monoisotopic (exact) mass is 303 g/mol. The van der Waals surface area contributed by atoms with E-state index in [1.165, 1.54) is 22.6 Å². The highest BCUT2D eigenvalue weighted by molar-refractivity contribution is 7.99. The third kappa shape index (κ3) is 3.10. The lowest BCUT2D eigenvalue weighted by Crippen LogP contribution is -2.10. The Morgan fingerprint density at radius 2 is 2.10 bits per heavy atom. The van der Waals surface area contributed by atoms with Crippen molar-refractivity contribution in [2.24, 2.45) is 0 Å². The lowest BCUT2D eigenvalue weighted by molar-refractivity contribution is 0.783. The predicted octanol–water partition coefficient (Wildman–Crippen LogP) is 3.85. The van der Waals surface area contributed by atoms with Crippen molar-refractivity contribution in [2.75, 3.05) is 17.3 Å². The number of aromatic nitrogens is 2. The van der Waals surface area contributed by atoms with Crippen LogP contribution in [-0.4, -0.2) is 22.0 Å². The van der Waals surface area contributed by atoms with Gasteiger partial charge in [0.15, 0.2) is 5.16 Å². The summed E-state index contributed by atoms with van der Waals surface area (Å²) in [6, 6.07) is 10.4. The summed E-state index contributed by atoms with van der Waals surface area (Å²) in [5.74, 6) is 2.16. The average Bonchev–Trinajstić information content (AvgIpc) is 2.53. The molecule has 0 radical (unpaired) electrons. The first kappa shape index (κ1) is 13.8. The molecule has 3 rings (SSSR count). The van der Waals surface area contributed by atoms with Gasteiger partial charge in [-0.25, -0.2) is 9.97 Å². The van der Waals surface area contributed by atoms with Gasteiger partial charge >= 0.3 is 0 Å². The number of benzene rings is 1. The Bertz CT molecular complexity index is 587. The van der Waals surface area contributed by atoms with Gasteiger partial charge in [-0.2, -0.15) is 0 Å². The third-order valence-electron chi connectivity index (χ3n) is 3.20. The molecule has 0 unspecified atom stereocenters. The summed E-state index contributed by atoms with van der Waals surface area (Å²) in [5.41, 5.74) is 2.47. The van der Waals surface area contributed by atoms with Crippen molar-refractivity contribution < 1.29 is 0 Å². The minimum atomic E-state index is 0.804. The fourth-order valence-corrected chi connectivity index (χ4v) is 3.65. The van der Waals surface area contributed by atoms with Gasteiger partial charge in [-0.15, -0.1) is 11.8 Å². The minimum absolute atomic E-state index is 0.804. The van der Waals surface area contributed by atoms with Crippen LogP contribution in [0.2, 0.25) is 0 Å². The summed E-state index contributed by atoms with van der Waals surface area (Å²) in [7, 11) is 0. The molecular formula is C15H17N3S2. The van der Waals surface area contributed by atoms with Crippen LogP contribution in [0.4, 0.5) is 5.82 Å². The van der Waals surface area contributed by atoms with Crippen LogP contribution in [0, 0.1) is 0 Å². The third-order valence-corrected chi connectivity index (χ3v) is 4.96. The predicted molar refractivity (Wildman–Crippen MR) is 86.6 cm³/mol. The van der Waals surface area contributed by atoms with Gasteiger partial charge in [-0.1, -0.05) is 42.1 Å². The number of nitrogens with zero attached hydrogens (tertiary/aromatic N) is 2. The fraction of sp³-hybridized carbons (Fsp3) is 0.333. The van der Waals surface area contributed by atoms with Crippen LogP contribution in [0.1, 0.15) is 17.7 Å². The molecule has 0 spiro atoms. The van der Waals surface area contributed by atoms with Crippen molar-refractivity contribution >= 4 is 29.3 Å². The molecule has 1 N–H and O–H groups in total. The molecule has 104 valence electrons. The van der Waals surface area contributed by atoms with Crippen LogP contribution >= 0.6 is 23.5 Å². The van der Waals surface area contributed by atoms with Crippen LogP contribution in [0.25, 0.3) is 0 Å². The molecule has 1 aromatic carbocycles. The standard InChI is InChI=1S/C15H17N3S2/c1-19-15-17-12-8-5-9-20-13(12)14(18-15)16-10-11-6-3-2-4-7-11/h2-4,6-7H,5,8-10H2,1H3,(H,16,17,18). The Morgan fingerprint density at radius 1 is 1.25 bits per heavy atom. The first-order valence-electron chi connectivity index (χ1n) is 6.72. The maximum absolute atomic E-state index is 4.64. The summed E-state index contributed by atoms with van der Waals surface area (Å²) >= 11 is 3.48. The van der Waals surface area contributed by atoms with E-state index in [1.807, 2.05) is 24.1 Å². The van der Waals surface area contributed by atoms with Gasteiger partial charge in [-0.3, -0.25) is 0 Å². The summed E-state index contributed by atoms with van der Waals surface area (Å²) in [5, 5.41) is 4.34. The molecular weight excluding hydrogens is 286 g/mol. The van der Waals surface area contributed by atoms with Crippen LogP contribution in [0.5, 0.6) is 0 Å². The molecule has 1 aromatic heterocycles. The second-order valence-electron chi connectivity index (χ2n) is 4.63. The van der Waals surface area contributed by atoms with E-state index < -0.39 is 0 Å². The Balaban J connectivity index is 1.84. The first-order valence-corrected chi connectivity index (χ1v) is 8.93. The zero-order valence-electron chi connectivity index (χ0n) is 11.4. The highest BCUT2D eigenvalue weighted by Crippen LogP contribution is 2.35. The summed E-state index contributed by atoms with van der Waals surface area (Å²) in [6.45, 7) is 0.804. The number of thioether (sulfide) groups is 2. The molecule has 1 aliphatic rings. The van der Waals surface area contributed by atoms with Gasteiger partial charge in [0.1, 0.15) is 5.82 Å². The second-order valence-corrected chi connectivity index (χ2v) is 6.50. The number of hydrogen-bond acceptors (Lipinski definition) is 5. The van der Waals surface area contributed by atoms with Crippen LogP contribution in [0.3, 0.4) is 0 Å². The largest absolute Gasteiger partial charge is 0.365 e. The first-order chi connectivity index (χ1) is 9.86. The molecule has 0 fully saturated rings. The van der Waals surface area contributed by atoms with E-state index in [1.54, 1.807) is 11.8 Å². The molecule has 0 bridgehead atoms. The van der Waals surface area contributed by atoms with Gasteiger partial charge < -0.3 is 5.32 Å². The lowest BCUT2D eigenvalue weighted by atomic mass is 10.2. The lowest BCUT2D eigenvalue weighted by Gasteiger charge is -2.19. The normalized spacial score (nSPS) is 13.8. The average molecular weight is 303 g/mol. The number of rotatable bonds is 4. The zero-order chi connectivity index (χ0) is 13.8. The fourth-order valence-electron chi connectivity index (χ4n) is 2.20. The number of anilines is 1. The topological polar surface area (TPSA) is 37.8 Å². The molecule has 5 heteroatoms. The number of hydrogen-bond donors (Lipinski definition) is 1. The summed E-state index contributed by atoms with van der Waals surface area (Å²) < 4.78 is 0. The highest BCUT2D eigenvalue weighted by atomic mass is 32.2. The molecule has 20 heavy (non-hydrogen) atoms. The maximum Gasteiger partial charge on any atom is 0.189 e. The molecule has 0 amide bonds. The number of fused-ring (bicyclic) bond motifs is 1. The minimum Gasteiger partial charge on any atom is -0.365 e. The van der Waals surface area contributed by atoms with Gasteiger partial charge in [0.05, 0.1) is 10.6 Å². The molecule has 0 atom stereocenters. The van der Waals surface area contributed by atoms with E-state index in [9.17, 15) is 0 Å². The van der Waals surface area contributed by atoms with E-state index in [2.05, 4.69) is 39.6 Å². The Kier molecular flexibility index (Phi) is 4.47. The van der Waals surface area contributed by atoms with Crippen molar-refractivity contribution in [2.45, 2.75) is 29.4 Å². The second kappa shape index (κ2) is 6.50. The van der Waals surface area contributed by atoms with Crippen molar-refractivity contribution in [1.82, 2.24) is 9.97 Å². The summed E-state index contributed by atoms with van der Waals surface area (Å²) in [6.07, 6.45) is 4.30. The molecule has 0 saturated carbocycles. The van der Waals surface area contributed by atoms with Crippen molar-refractivity contribution in [1.29, 1.82) is 0 Å². The molecule has 2 heterocycles. The Labute approximate surface area is 128 Å². The smallest absolute Gasteiger partial charge is 0.189 e. The van der Waals surface area contributed by atoms with Crippen molar-refractivity contribution in [3.8, 4) is 0 Å². The molecule has 1 aliphatic heterocycles. The van der Waals surface area contributed by atoms with Gasteiger partial charge in [0.2, 0.25) is 0 Å². The van der Waals surface area contributed by atoms with Crippen LogP contribution in [0.15, 0.2) is 40.4 Å².